The molecule has 0 saturated heterocycles. The van der Waals surface area contributed by atoms with Gasteiger partial charge in [-0.1, -0.05) is 0 Å². The fourth-order valence-electron chi connectivity index (χ4n) is 4.01. The molecule has 1 saturated carbocycles. The first kappa shape index (κ1) is 27.8. The van der Waals surface area contributed by atoms with Gasteiger partial charge in [-0.2, -0.15) is 13.2 Å². The molecule has 2 amide bonds. The summed E-state index contributed by atoms with van der Waals surface area (Å²) >= 11 is 0. The smallest absolute Gasteiger partial charge is 0.419 e. The van der Waals surface area contributed by atoms with Crippen LogP contribution in [0.1, 0.15) is 52.0 Å². The Kier molecular flexibility index (Phi) is 8.95. The number of benzene rings is 2. The number of nitrogens with one attached hydrogen (secondary N) is 2. The van der Waals surface area contributed by atoms with Gasteiger partial charge in [0.25, 0.3) is 11.8 Å². The third-order valence-electron chi connectivity index (χ3n) is 5.99. The Morgan fingerprint density at radius 3 is 2.08 bits per heavy atom. The van der Waals surface area contributed by atoms with E-state index >= 15 is 0 Å². The molecule has 0 bridgehead atoms. The van der Waals surface area contributed by atoms with E-state index in [4.69, 9.17) is 9.84 Å². The number of carbonyl (C=O) groups is 3. The number of hydrogen-bond acceptors (Lipinski definition) is 5. The minimum absolute atomic E-state index is 0.00107. The molecule has 0 heterocycles. The summed E-state index contributed by atoms with van der Waals surface area (Å²) in [6, 6.07) is 7.66. The number of carbonyl (C=O) groups excluding carboxylic acids is 2. The van der Waals surface area contributed by atoms with E-state index in [9.17, 15) is 31.9 Å². The molecule has 0 unspecified atom stereocenters. The Morgan fingerprint density at radius 2 is 1.54 bits per heavy atom. The SMILES string of the molecule is COc1c(C(=O)NCCNC(=O)c2ccc(O[C@H]3CC[C@@H](C(=O)O)CC3)cc2)ccc(C(F)(F)F)c1F. The molecular weight excluding hydrogens is 500 g/mol. The van der Waals surface area contributed by atoms with Gasteiger partial charge in [-0.25, -0.2) is 4.39 Å². The van der Waals surface area contributed by atoms with Crippen LogP contribution in [0.3, 0.4) is 0 Å². The zero-order valence-corrected chi connectivity index (χ0v) is 19.9. The first-order valence-corrected chi connectivity index (χ1v) is 11.5. The third-order valence-corrected chi connectivity index (χ3v) is 5.99. The van der Waals surface area contributed by atoms with Crippen molar-refractivity contribution in [1.29, 1.82) is 0 Å². The van der Waals surface area contributed by atoms with Crippen molar-refractivity contribution in [3.05, 3.63) is 58.9 Å². The molecule has 12 heteroatoms. The van der Waals surface area contributed by atoms with Crippen molar-refractivity contribution >= 4 is 17.8 Å². The lowest BCUT2D eigenvalue weighted by Gasteiger charge is -2.26. The van der Waals surface area contributed by atoms with Crippen LogP contribution in [0.5, 0.6) is 11.5 Å². The van der Waals surface area contributed by atoms with Crippen molar-refractivity contribution < 1.29 is 46.5 Å². The quantitative estimate of drug-likeness (QED) is 0.336. The average Bonchev–Trinajstić information content (AvgIpc) is 2.86. The van der Waals surface area contributed by atoms with Gasteiger partial charge in [0.05, 0.1) is 30.3 Å². The van der Waals surface area contributed by atoms with Crippen LogP contribution in [0.2, 0.25) is 0 Å². The van der Waals surface area contributed by atoms with E-state index in [-0.39, 0.29) is 25.1 Å². The molecule has 0 aromatic heterocycles. The molecule has 2 aromatic rings. The van der Waals surface area contributed by atoms with Gasteiger partial charge in [0.15, 0.2) is 11.6 Å². The molecule has 0 atom stereocenters. The lowest BCUT2D eigenvalue weighted by molar-refractivity contribution is -0.143. The van der Waals surface area contributed by atoms with Crippen LogP contribution in [0.15, 0.2) is 36.4 Å². The largest absolute Gasteiger partial charge is 0.493 e. The summed E-state index contributed by atoms with van der Waals surface area (Å²) in [4.78, 5) is 35.7. The van der Waals surface area contributed by atoms with Crippen molar-refractivity contribution in [2.75, 3.05) is 20.2 Å². The van der Waals surface area contributed by atoms with Gasteiger partial charge < -0.3 is 25.2 Å². The van der Waals surface area contributed by atoms with Crippen LogP contribution in [0, 0.1) is 11.7 Å². The topological polar surface area (TPSA) is 114 Å². The maximum atomic E-state index is 14.2. The predicted octanol–water partition coefficient (Wildman–Crippen LogP) is 4.04. The minimum Gasteiger partial charge on any atom is -0.493 e. The molecule has 3 rings (SSSR count). The van der Waals surface area contributed by atoms with Gasteiger partial charge in [-0.3, -0.25) is 14.4 Å². The van der Waals surface area contributed by atoms with Crippen molar-refractivity contribution in [3.63, 3.8) is 0 Å². The highest BCUT2D eigenvalue weighted by Crippen LogP contribution is 2.36. The van der Waals surface area contributed by atoms with Crippen molar-refractivity contribution in [3.8, 4) is 11.5 Å². The number of alkyl halides is 3. The van der Waals surface area contributed by atoms with Crippen molar-refractivity contribution in [1.82, 2.24) is 10.6 Å². The summed E-state index contributed by atoms with van der Waals surface area (Å²) < 4.78 is 63.3. The maximum Gasteiger partial charge on any atom is 0.419 e. The summed E-state index contributed by atoms with van der Waals surface area (Å²) in [5, 5.41) is 14.0. The summed E-state index contributed by atoms with van der Waals surface area (Å²) in [5.74, 6) is -4.38. The highest BCUT2D eigenvalue weighted by atomic mass is 19.4. The van der Waals surface area contributed by atoms with Crippen LogP contribution in [-0.2, 0) is 11.0 Å². The standard InChI is InChI=1S/C25H26F4N2O6/c1-36-21-18(10-11-19(20(21)26)25(27,28)29)23(33)31-13-12-30-22(32)14-2-6-16(7-3-14)37-17-8-4-15(5-9-17)24(34)35/h2-3,6-7,10-11,15,17H,4-5,8-9,12-13H2,1H3,(H,30,32)(H,31,33)(H,34,35)/t15-,17+. The van der Waals surface area contributed by atoms with Crippen LogP contribution >= 0.6 is 0 Å². The lowest BCUT2D eigenvalue weighted by atomic mass is 9.87. The number of aliphatic carboxylic acids is 1. The Labute approximate surface area is 209 Å². The maximum absolute atomic E-state index is 14.2. The fraction of sp³-hybridized carbons (Fsp3) is 0.400. The van der Waals surface area contributed by atoms with E-state index in [0.717, 1.165) is 13.2 Å². The highest BCUT2D eigenvalue weighted by Gasteiger charge is 2.36. The molecule has 3 N–H and O–H groups in total. The Balaban J connectivity index is 1.46. The normalized spacial score (nSPS) is 17.5. The van der Waals surface area contributed by atoms with Gasteiger partial charge in [0.2, 0.25) is 0 Å². The first-order chi connectivity index (χ1) is 17.5. The van der Waals surface area contributed by atoms with Gasteiger partial charge in [-0.05, 0) is 62.1 Å². The monoisotopic (exact) mass is 526 g/mol. The molecule has 8 nitrogen and oxygen atoms in total. The molecule has 1 aliphatic rings. The van der Waals surface area contributed by atoms with E-state index in [1.165, 1.54) is 0 Å². The first-order valence-electron chi connectivity index (χ1n) is 11.5. The number of hydrogen-bond donors (Lipinski definition) is 3. The number of methoxy groups -OCH3 is 1. The van der Waals surface area contributed by atoms with E-state index in [1.54, 1.807) is 24.3 Å². The van der Waals surface area contributed by atoms with E-state index in [1.807, 2.05) is 0 Å². The van der Waals surface area contributed by atoms with Gasteiger partial charge in [-0.15, -0.1) is 0 Å². The molecule has 0 spiro atoms. The van der Waals surface area contributed by atoms with Crippen molar-refractivity contribution in [2.45, 2.75) is 38.0 Å². The number of carboxylic acid groups (broad SMARTS) is 1. The highest BCUT2D eigenvalue weighted by molar-refractivity contribution is 5.97. The molecule has 2 aromatic carbocycles. The molecule has 0 aliphatic heterocycles. The predicted molar refractivity (Wildman–Crippen MR) is 123 cm³/mol. The second-order valence-electron chi connectivity index (χ2n) is 8.47. The number of amides is 2. The summed E-state index contributed by atoms with van der Waals surface area (Å²) in [6.45, 7) is -0.0718. The average molecular weight is 526 g/mol. The lowest BCUT2D eigenvalue weighted by Crippen LogP contribution is -2.35. The van der Waals surface area contributed by atoms with Crippen molar-refractivity contribution in [2.24, 2.45) is 5.92 Å². The minimum atomic E-state index is -4.94. The van der Waals surface area contributed by atoms with Crippen LogP contribution < -0.4 is 20.1 Å². The summed E-state index contributed by atoms with van der Waals surface area (Å²) in [6.07, 6.45) is -2.65. The van der Waals surface area contributed by atoms with Gasteiger partial charge in [0.1, 0.15) is 5.75 Å². The Hall–Kier alpha value is -3.83. The van der Waals surface area contributed by atoms with Gasteiger partial charge >= 0.3 is 12.1 Å². The summed E-state index contributed by atoms with van der Waals surface area (Å²) in [5.41, 5.74) is -1.62. The zero-order valence-electron chi connectivity index (χ0n) is 19.9. The molecule has 37 heavy (non-hydrogen) atoms. The summed E-state index contributed by atoms with van der Waals surface area (Å²) in [7, 11) is 0.954. The van der Waals surface area contributed by atoms with Crippen LogP contribution in [0.4, 0.5) is 17.6 Å². The number of carboxylic acids is 1. The molecule has 1 fully saturated rings. The molecule has 0 radical (unpaired) electrons. The van der Waals surface area contributed by atoms with E-state index in [2.05, 4.69) is 15.4 Å². The van der Waals surface area contributed by atoms with Crippen LogP contribution in [0.25, 0.3) is 0 Å². The van der Waals surface area contributed by atoms with Gasteiger partial charge in [0, 0.05) is 18.7 Å². The second-order valence-corrected chi connectivity index (χ2v) is 8.47. The third kappa shape index (κ3) is 7.11. The number of rotatable bonds is 9. The Bertz CT molecular complexity index is 1130. The second kappa shape index (κ2) is 11.9. The van der Waals surface area contributed by atoms with Crippen LogP contribution in [-0.4, -0.2) is 49.2 Å². The Morgan fingerprint density at radius 1 is 0.946 bits per heavy atom. The number of ether oxygens (including phenoxy) is 2. The fourth-order valence-corrected chi connectivity index (χ4v) is 4.01. The van der Waals surface area contributed by atoms with E-state index in [0.29, 0.717) is 43.1 Å². The zero-order chi connectivity index (χ0) is 27.2. The molecular formula is C25H26F4N2O6. The number of halogens is 4. The molecule has 1 aliphatic carbocycles. The van der Waals surface area contributed by atoms with E-state index < -0.39 is 46.7 Å². The molecule has 200 valence electrons.